The molecular formula is C23H26N4O7. The molecular weight excluding hydrogens is 444 g/mol. The monoisotopic (exact) mass is 470 g/mol. The number of nitrogens with one attached hydrogen (secondary N) is 1. The molecule has 1 aliphatic rings. The maximum absolute atomic E-state index is 13.1. The second kappa shape index (κ2) is 9.48. The van der Waals surface area contributed by atoms with Gasteiger partial charge in [-0.2, -0.15) is 0 Å². The van der Waals surface area contributed by atoms with E-state index in [4.69, 9.17) is 4.74 Å². The van der Waals surface area contributed by atoms with Crippen LogP contribution in [0.2, 0.25) is 0 Å². The maximum Gasteiger partial charge on any atom is 0.354 e. The number of rotatable bonds is 7. The number of likely N-dealkylation sites (tertiary alicyclic amines) is 1. The molecule has 0 unspecified atom stereocenters. The number of hydrogen-bond acceptors (Lipinski definition) is 8. The zero-order valence-corrected chi connectivity index (χ0v) is 19.5. The molecule has 0 spiro atoms. The van der Waals surface area contributed by atoms with Crippen molar-refractivity contribution in [1.82, 2.24) is 14.8 Å². The van der Waals surface area contributed by atoms with E-state index in [1.807, 2.05) is 19.0 Å². The van der Waals surface area contributed by atoms with Gasteiger partial charge in [0.2, 0.25) is 0 Å². The summed E-state index contributed by atoms with van der Waals surface area (Å²) in [5, 5.41) is 22.4. The average Bonchev–Trinajstić information content (AvgIpc) is 3.23. The van der Waals surface area contributed by atoms with Crippen LogP contribution in [0.5, 0.6) is 0 Å². The third kappa shape index (κ3) is 4.29. The Labute approximate surface area is 195 Å². The molecule has 1 aromatic carbocycles. The molecule has 0 radical (unpaired) electrons. The van der Waals surface area contributed by atoms with Gasteiger partial charge in [0, 0.05) is 36.5 Å². The summed E-state index contributed by atoms with van der Waals surface area (Å²) >= 11 is 0. The van der Waals surface area contributed by atoms with Crippen LogP contribution in [0.25, 0.3) is 5.76 Å². The van der Waals surface area contributed by atoms with Gasteiger partial charge in [0.15, 0.2) is 0 Å². The molecule has 0 saturated carbocycles. The first-order valence-corrected chi connectivity index (χ1v) is 10.4. The molecule has 0 aliphatic carbocycles. The number of amides is 1. The van der Waals surface area contributed by atoms with Crippen molar-refractivity contribution in [3.05, 3.63) is 68.0 Å². The average molecular weight is 470 g/mol. The van der Waals surface area contributed by atoms with E-state index in [9.17, 15) is 29.6 Å². The minimum atomic E-state index is -0.962. The van der Waals surface area contributed by atoms with Crippen LogP contribution < -0.4 is 0 Å². The topological polar surface area (TPSA) is 146 Å². The summed E-state index contributed by atoms with van der Waals surface area (Å²) in [7, 11) is 4.86. The van der Waals surface area contributed by atoms with E-state index in [-0.39, 0.29) is 29.1 Å². The quantitative estimate of drug-likeness (QED) is 0.157. The number of nitro groups is 1. The first-order valence-electron chi connectivity index (χ1n) is 10.4. The van der Waals surface area contributed by atoms with Gasteiger partial charge in [0.05, 0.1) is 23.6 Å². The lowest BCUT2D eigenvalue weighted by atomic mass is 9.94. The summed E-state index contributed by atoms with van der Waals surface area (Å²) in [6.45, 7) is 3.85. The Morgan fingerprint density at radius 3 is 2.38 bits per heavy atom. The number of aryl methyl sites for hydroxylation is 1. The molecule has 34 heavy (non-hydrogen) atoms. The van der Waals surface area contributed by atoms with Gasteiger partial charge in [-0.15, -0.1) is 0 Å². The van der Waals surface area contributed by atoms with E-state index in [1.165, 1.54) is 36.3 Å². The summed E-state index contributed by atoms with van der Waals surface area (Å²) in [4.78, 5) is 54.8. The van der Waals surface area contributed by atoms with Crippen molar-refractivity contribution in [2.45, 2.75) is 19.9 Å². The summed E-state index contributed by atoms with van der Waals surface area (Å²) < 4.78 is 4.76. The van der Waals surface area contributed by atoms with Crippen LogP contribution in [0.15, 0.2) is 29.8 Å². The molecule has 2 aromatic rings. The molecule has 1 saturated heterocycles. The molecule has 1 aliphatic heterocycles. The highest BCUT2D eigenvalue weighted by Crippen LogP contribution is 2.41. The van der Waals surface area contributed by atoms with Gasteiger partial charge in [0.1, 0.15) is 11.5 Å². The van der Waals surface area contributed by atoms with Crippen molar-refractivity contribution in [3.8, 4) is 0 Å². The summed E-state index contributed by atoms with van der Waals surface area (Å²) in [5.74, 6) is -2.74. The molecule has 11 heteroatoms. The third-order valence-electron chi connectivity index (χ3n) is 5.81. The molecule has 1 amide bonds. The van der Waals surface area contributed by atoms with Gasteiger partial charge in [-0.1, -0.05) is 0 Å². The van der Waals surface area contributed by atoms with Gasteiger partial charge in [-0.05, 0) is 51.2 Å². The number of H-pyrrole nitrogens is 1. The standard InChI is InChI=1S/C23H26N4O7/c1-12-16(13(2)24-18(12)23(31)34-5)20(28)17-19(14-6-8-15(9-7-14)27(32)33)26(11-10-25(3)4)22(30)21(17)29/h6-9,19,24,28H,10-11H2,1-5H3/t19-/m0/s1. The highest BCUT2D eigenvalue weighted by Gasteiger charge is 2.46. The van der Waals surface area contributed by atoms with Crippen molar-refractivity contribution in [3.63, 3.8) is 0 Å². The second-order valence-corrected chi connectivity index (χ2v) is 8.26. The number of non-ortho nitro benzene ring substituents is 1. The number of ether oxygens (including phenoxy) is 1. The van der Waals surface area contributed by atoms with E-state index in [1.54, 1.807) is 13.8 Å². The van der Waals surface area contributed by atoms with Crippen molar-refractivity contribution >= 4 is 29.1 Å². The molecule has 0 bridgehead atoms. The Hall–Kier alpha value is -3.99. The highest BCUT2D eigenvalue weighted by atomic mass is 16.6. The zero-order chi connectivity index (χ0) is 25.3. The van der Waals surface area contributed by atoms with E-state index in [0.717, 1.165) is 0 Å². The number of esters is 1. The van der Waals surface area contributed by atoms with Gasteiger partial charge in [-0.25, -0.2) is 4.79 Å². The Morgan fingerprint density at radius 2 is 1.85 bits per heavy atom. The van der Waals surface area contributed by atoms with Crippen molar-refractivity contribution in [2.24, 2.45) is 0 Å². The van der Waals surface area contributed by atoms with Gasteiger partial charge < -0.3 is 24.6 Å². The molecule has 180 valence electrons. The minimum Gasteiger partial charge on any atom is -0.507 e. The first-order chi connectivity index (χ1) is 16.0. The number of nitro benzene ring substituents is 1. The fourth-order valence-electron chi connectivity index (χ4n) is 4.09. The lowest BCUT2D eigenvalue weighted by molar-refractivity contribution is -0.384. The van der Waals surface area contributed by atoms with Crippen LogP contribution in [0.4, 0.5) is 5.69 Å². The Balaban J connectivity index is 2.22. The highest BCUT2D eigenvalue weighted by molar-refractivity contribution is 6.46. The van der Waals surface area contributed by atoms with E-state index in [0.29, 0.717) is 23.4 Å². The first kappa shape index (κ1) is 24.6. The fraction of sp³-hybridized carbons (Fsp3) is 0.348. The lowest BCUT2D eigenvalue weighted by Gasteiger charge is -2.26. The van der Waals surface area contributed by atoms with Gasteiger partial charge >= 0.3 is 5.97 Å². The number of aromatic amines is 1. The van der Waals surface area contributed by atoms with E-state index in [2.05, 4.69) is 4.98 Å². The zero-order valence-electron chi connectivity index (χ0n) is 19.5. The van der Waals surface area contributed by atoms with Gasteiger partial charge in [0.25, 0.3) is 17.4 Å². The number of likely N-dealkylation sites (N-methyl/N-ethyl adjacent to an activating group) is 1. The normalized spacial score (nSPS) is 17.5. The number of carbonyl (C=O) groups excluding carboxylic acids is 3. The van der Waals surface area contributed by atoms with E-state index < -0.39 is 34.4 Å². The fourth-order valence-corrected chi connectivity index (χ4v) is 4.09. The van der Waals surface area contributed by atoms with Crippen LogP contribution in [0.3, 0.4) is 0 Å². The number of benzene rings is 1. The number of aliphatic hydroxyl groups excluding tert-OH is 1. The van der Waals surface area contributed by atoms with Crippen molar-refractivity contribution in [2.75, 3.05) is 34.3 Å². The van der Waals surface area contributed by atoms with Crippen LogP contribution in [0, 0.1) is 24.0 Å². The van der Waals surface area contributed by atoms with Crippen LogP contribution in [-0.4, -0.2) is 76.8 Å². The molecule has 1 aromatic heterocycles. The number of aromatic nitrogens is 1. The van der Waals surface area contributed by atoms with Gasteiger partial charge in [-0.3, -0.25) is 19.7 Å². The molecule has 2 heterocycles. The minimum absolute atomic E-state index is 0.121. The summed E-state index contributed by atoms with van der Waals surface area (Å²) in [6, 6.07) is 4.52. The summed E-state index contributed by atoms with van der Waals surface area (Å²) in [5.41, 5.74) is 1.26. The number of ketones is 1. The third-order valence-corrected chi connectivity index (χ3v) is 5.81. The Kier molecular flexibility index (Phi) is 6.87. The smallest absolute Gasteiger partial charge is 0.354 e. The predicted octanol–water partition coefficient (Wildman–Crippen LogP) is 2.31. The molecule has 2 N–H and O–H groups in total. The molecule has 1 atom stereocenters. The number of methoxy groups -OCH3 is 1. The van der Waals surface area contributed by atoms with Crippen LogP contribution >= 0.6 is 0 Å². The number of nitrogens with zero attached hydrogens (tertiary/aromatic N) is 3. The second-order valence-electron chi connectivity index (χ2n) is 8.26. The van der Waals surface area contributed by atoms with Crippen molar-refractivity contribution in [1.29, 1.82) is 0 Å². The predicted molar refractivity (Wildman–Crippen MR) is 122 cm³/mol. The largest absolute Gasteiger partial charge is 0.507 e. The number of aliphatic hydroxyl groups is 1. The Bertz CT molecular complexity index is 1190. The number of Topliss-reactive ketones (excluding diaryl/α,β-unsaturated/α-hetero) is 1. The van der Waals surface area contributed by atoms with Crippen LogP contribution in [-0.2, 0) is 14.3 Å². The lowest BCUT2D eigenvalue weighted by Crippen LogP contribution is -2.35. The summed E-state index contributed by atoms with van der Waals surface area (Å²) in [6.07, 6.45) is 0. The van der Waals surface area contributed by atoms with E-state index >= 15 is 0 Å². The molecule has 3 rings (SSSR count). The van der Waals surface area contributed by atoms with Crippen LogP contribution in [0.1, 0.15) is 38.9 Å². The number of hydrogen-bond donors (Lipinski definition) is 2. The SMILES string of the molecule is COC(=O)c1[nH]c(C)c(C(O)=C2C(=O)C(=O)N(CCN(C)C)[C@H]2c2ccc([N+](=O)[O-])cc2)c1C. The maximum atomic E-state index is 13.1. The van der Waals surface area contributed by atoms with Crippen molar-refractivity contribution < 1.29 is 29.2 Å². The number of carbonyl (C=O) groups is 3. The molecule has 1 fully saturated rings. The Morgan fingerprint density at radius 1 is 1.24 bits per heavy atom. The molecule has 11 nitrogen and oxygen atoms in total.